The van der Waals surface area contributed by atoms with Crippen molar-refractivity contribution < 1.29 is 14.0 Å². The van der Waals surface area contributed by atoms with E-state index in [4.69, 9.17) is 4.42 Å². The molecule has 140 valence electrons. The topological polar surface area (TPSA) is 88.3 Å². The van der Waals surface area contributed by atoms with Crippen LogP contribution in [0.15, 0.2) is 59.6 Å². The molecule has 2 aliphatic rings. The van der Waals surface area contributed by atoms with Gasteiger partial charge in [0.1, 0.15) is 11.2 Å². The number of benzene rings is 1. The molecule has 28 heavy (non-hydrogen) atoms. The highest BCUT2D eigenvalue weighted by Crippen LogP contribution is 2.54. The summed E-state index contributed by atoms with van der Waals surface area (Å²) in [5.74, 6) is 0.135. The number of aryl methyl sites for hydroxylation is 1. The lowest BCUT2D eigenvalue weighted by Crippen LogP contribution is -2.42. The third-order valence-electron chi connectivity index (χ3n) is 5.79. The Bertz CT molecular complexity index is 1080. The van der Waals surface area contributed by atoms with Crippen LogP contribution in [0.3, 0.4) is 0 Å². The first kappa shape index (κ1) is 16.7. The Morgan fingerprint density at radius 1 is 1.29 bits per heavy atom. The maximum Gasteiger partial charge on any atom is 0.276 e. The van der Waals surface area contributed by atoms with Gasteiger partial charge in [0.15, 0.2) is 12.1 Å². The van der Waals surface area contributed by atoms with Crippen LogP contribution in [-0.4, -0.2) is 33.2 Å². The number of amides is 2. The SMILES string of the molecule is Cc1ocnc1C(=O)N1CCC2(C(=O)Nc3ccccc32)C1c1cccnc1. The maximum absolute atomic E-state index is 13.3. The minimum absolute atomic E-state index is 0.0882. The van der Waals surface area contributed by atoms with Crippen molar-refractivity contribution in [1.82, 2.24) is 14.9 Å². The summed E-state index contributed by atoms with van der Waals surface area (Å²) in [6.07, 6.45) is 5.20. The standard InChI is InChI=1S/C21H18N4O3/c1-13-17(23-12-28-13)19(26)25-10-8-21(18(25)14-5-4-9-22-11-14)15-6-2-3-7-16(15)24-20(21)27/h2-7,9,11-12,18H,8,10H2,1H3,(H,24,27). The Morgan fingerprint density at radius 3 is 2.89 bits per heavy atom. The van der Waals surface area contributed by atoms with Crippen LogP contribution < -0.4 is 5.32 Å². The average Bonchev–Trinajstić information content (AvgIpc) is 3.40. The highest BCUT2D eigenvalue weighted by molar-refractivity contribution is 6.08. The number of nitrogens with zero attached hydrogens (tertiary/aromatic N) is 3. The van der Waals surface area contributed by atoms with Gasteiger partial charge >= 0.3 is 0 Å². The molecule has 0 radical (unpaired) electrons. The van der Waals surface area contributed by atoms with Crippen molar-refractivity contribution in [2.45, 2.75) is 24.8 Å². The van der Waals surface area contributed by atoms with Gasteiger partial charge in [0.05, 0.1) is 6.04 Å². The van der Waals surface area contributed by atoms with Gasteiger partial charge in [-0.25, -0.2) is 4.98 Å². The zero-order valence-electron chi connectivity index (χ0n) is 15.3. The zero-order valence-corrected chi connectivity index (χ0v) is 15.3. The number of aromatic nitrogens is 2. The monoisotopic (exact) mass is 374 g/mol. The number of hydrogen-bond acceptors (Lipinski definition) is 5. The lowest BCUT2D eigenvalue weighted by Gasteiger charge is -2.34. The fourth-order valence-corrected chi connectivity index (χ4v) is 4.55. The number of fused-ring (bicyclic) bond motifs is 2. The molecular weight excluding hydrogens is 356 g/mol. The van der Waals surface area contributed by atoms with Gasteiger partial charge in [-0.15, -0.1) is 0 Å². The van der Waals surface area contributed by atoms with Crippen LogP contribution in [0.1, 0.15) is 39.8 Å². The van der Waals surface area contributed by atoms with Crippen molar-refractivity contribution in [1.29, 1.82) is 0 Å². The van der Waals surface area contributed by atoms with E-state index in [1.54, 1.807) is 24.2 Å². The fraction of sp³-hybridized carbons (Fsp3) is 0.238. The molecule has 4 heterocycles. The summed E-state index contributed by atoms with van der Waals surface area (Å²) in [4.78, 5) is 36.6. The van der Waals surface area contributed by atoms with Crippen molar-refractivity contribution in [3.8, 4) is 0 Å². The second kappa shape index (κ2) is 6.02. The first-order valence-electron chi connectivity index (χ1n) is 9.15. The van der Waals surface area contributed by atoms with Crippen LogP contribution >= 0.6 is 0 Å². The molecular formula is C21H18N4O3. The van der Waals surface area contributed by atoms with Crippen LogP contribution in [0.25, 0.3) is 0 Å². The summed E-state index contributed by atoms with van der Waals surface area (Å²) in [7, 11) is 0. The van der Waals surface area contributed by atoms with E-state index in [-0.39, 0.29) is 17.5 Å². The first-order chi connectivity index (χ1) is 13.6. The second-order valence-corrected chi connectivity index (χ2v) is 7.17. The molecule has 1 aromatic carbocycles. The lowest BCUT2D eigenvalue weighted by atomic mass is 9.73. The van der Waals surface area contributed by atoms with Gasteiger partial charge in [-0.05, 0) is 36.6 Å². The summed E-state index contributed by atoms with van der Waals surface area (Å²) in [6, 6.07) is 10.9. The second-order valence-electron chi connectivity index (χ2n) is 7.17. The number of likely N-dealkylation sites (tertiary alicyclic amines) is 1. The van der Waals surface area contributed by atoms with Gasteiger partial charge in [0.25, 0.3) is 5.91 Å². The Kier molecular flexibility index (Phi) is 3.58. The molecule has 3 aromatic rings. The van der Waals surface area contributed by atoms with Gasteiger partial charge in [0.2, 0.25) is 5.91 Å². The lowest BCUT2D eigenvalue weighted by molar-refractivity contribution is -0.121. The van der Waals surface area contributed by atoms with Crippen molar-refractivity contribution in [3.05, 3.63) is 77.8 Å². The number of hydrogen-bond donors (Lipinski definition) is 1. The fourth-order valence-electron chi connectivity index (χ4n) is 4.55. The minimum atomic E-state index is -0.854. The van der Waals surface area contributed by atoms with Gasteiger partial charge in [-0.3, -0.25) is 14.6 Å². The van der Waals surface area contributed by atoms with Crippen LogP contribution in [0.4, 0.5) is 5.69 Å². The summed E-state index contributed by atoms with van der Waals surface area (Å²) in [5, 5.41) is 3.00. The molecule has 1 fully saturated rings. The molecule has 5 rings (SSSR count). The summed E-state index contributed by atoms with van der Waals surface area (Å²) >= 11 is 0. The summed E-state index contributed by atoms with van der Waals surface area (Å²) < 4.78 is 5.23. The molecule has 1 spiro atoms. The third kappa shape index (κ3) is 2.16. The number of carbonyl (C=O) groups is 2. The Balaban J connectivity index is 1.69. The van der Waals surface area contributed by atoms with E-state index in [0.717, 1.165) is 16.8 Å². The number of rotatable bonds is 2. The molecule has 0 saturated carbocycles. The van der Waals surface area contributed by atoms with E-state index >= 15 is 0 Å². The molecule has 0 bridgehead atoms. The van der Waals surface area contributed by atoms with Crippen molar-refractivity contribution >= 4 is 17.5 Å². The van der Waals surface area contributed by atoms with Gasteiger partial charge < -0.3 is 14.6 Å². The Hall–Kier alpha value is -3.48. The normalized spacial score (nSPS) is 23.1. The van der Waals surface area contributed by atoms with Crippen LogP contribution in [0.5, 0.6) is 0 Å². The van der Waals surface area contributed by atoms with Gasteiger partial charge in [-0.1, -0.05) is 24.3 Å². The zero-order chi connectivity index (χ0) is 19.3. The predicted octanol–water partition coefficient (Wildman–Crippen LogP) is 2.86. The molecule has 2 amide bonds. The number of oxazole rings is 1. The molecule has 2 atom stereocenters. The molecule has 2 unspecified atom stereocenters. The third-order valence-corrected chi connectivity index (χ3v) is 5.79. The number of nitrogens with one attached hydrogen (secondary N) is 1. The largest absolute Gasteiger partial charge is 0.448 e. The smallest absolute Gasteiger partial charge is 0.276 e. The number of carbonyl (C=O) groups excluding carboxylic acids is 2. The van der Waals surface area contributed by atoms with E-state index in [1.807, 2.05) is 36.4 Å². The van der Waals surface area contributed by atoms with Crippen LogP contribution in [0.2, 0.25) is 0 Å². The van der Waals surface area contributed by atoms with E-state index in [9.17, 15) is 9.59 Å². The van der Waals surface area contributed by atoms with E-state index in [1.165, 1.54) is 6.39 Å². The molecule has 7 heteroatoms. The van der Waals surface area contributed by atoms with Crippen molar-refractivity contribution in [2.24, 2.45) is 0 Å². The molecule has 0 aliphatic carbocycles. The predicted molar refractivity (Wildman–Crippen MR) is 101 cm³/mol. The number of anilines is 1. The first-order valence-corrected chi connectivity index (χ1v) is 9.15. The molecule has 7 nitrogen and oxygen atoms in total. The van der Waals surface area contributed by atoms with E-state index < -0.39 is 11.5 Å². The van der Waals surface area contributed by atoms with Crippen LogP contribution in [0, 0.1) is 6.92 Å². The molecule has 1 saturated heterocycles. The Morgan fingerprint density at radius 2 is 2.14 bits per heavy atom. The summed E-state index contributed by atoms with van der Waals surface area (Å²) in [5.41, 5.74) is 1.96. The average molecular weight is 374 g/mol. The van der Waals surface area contributed by atoms with E-state index in [2.05, 4.69) is 15.3 Å². The number of para-hydroxylation sites is 1. The quantitative estimate of drug-likeness (QED) is 0.745. The Labute approximate surface area is 161 Å². The van der Waals surface area contributed by atoms with Crippen molar-refractivity contribution in [3.63, 3.8) is 0 Å². The van der Waals surface area contributed by atoms with Gasteiger partial charge in [-0.2, -0.15) is 0 Å². The molecule has 2 aromatic heterocycles. The molecule has 1 N–H and O–H groups in total. The molecule has 2 aliphatic heterocycles. The minimum Gasteiger partial charge on any atom is -0.448 e. The highest BCUT2D eigenvalue weighted by atomic mass is 16.3. The highest BCUT2D eigenvalue weighted by Gasteiger charge is 2.59. The van der Waals surface area contributed by atoms with Crippen molar-refractivity contribution in [2.75, 3.05) is 11.9 Å². The number of pyridine rings is 1. The maximum atomic E-state index is 13.3. The van der Waals surface area contributed by atoms with Gasteiger partial charge in [0, 0.05) is 24.6 Å². The van der Waals surface area contributed by atoms with E-state index in [0.29, 0.717) is 18.7 Å². The summed E-state index contributed by atoms with van der Waals surface area (Å²) in [6.45, 7) is 2.15. The van der Waals surface area contributed by atoms with Crippen LogP contribution in [-0.2, 0) is 10.2 Å².